The van der Waals surface area contributed by atoms with E-state index >= 15 is 0 Å². The Balaban J connectivity index is 1.34. The number of fused-ring (bicyclic) bond motifs is 1. The van der Waals surface area contributed by atoms with E-state index in [0.29, 0.717) is 42.8 Å². The number of aromatic hydroxyl groups is 1. The van der Waals surface area contributed by atoms with Crippen molar-refractivity contribution < 1.29 is 19.4 Å². The highest BCUT2D eigenvalue weighted by Crippen LogP contribution is 2.25. The monoisotopic (exact) mass is 431 g/mol. The maximum Gasteiger partial charge on any atom is 0.253 e. The number of methoxy groups -OCH3 is 1. The molecule has 0 radical (unpaired) electrons. The largest absolute Gasteiger partial charge is 0.507 e. The Kier molecular flexibility index (Phi) is 6.35. The van der Waals surface area contributed by atoms with Crippen LogP contribution in [0.2, 0.25) is 0 Å². The molecule has 2 amide bonds. The summed E-state index contributed by atoms with van der Waals surface area (Å²) < 4.78 is 5.19. The van der Waals surface area contributed by atoms with Gasteiger partial charge in [-0.05, 0) is 47.9 Å². The van der Waals surface area contributed by atoms with Crippen LogP contribution in [-0.2, 0) is 4.79 Å². The lowest BCUT2D eigenvalue weighted by Crippen LogP contribution is -2.42. The highest BCUT2D eigenvalue weighted by atomic mass is 16.5. The number of hydrogen-bond acceptors (Lipinski definition) is 5. The first-order chi connectivity index (χ1) is 15.6. The van der Waals surface area contributed by atoms with Crippen molar-refractivity contribution in [3.63, 3.8) is 0 Å². The lowest BCUT2D eigenvalue weighted by atomic mass is 9.95. The molecule has 7 heteroatoms. The second-order valence-electron chi connectivity index (χ2n) is 7.75. The molecule has 1 fully saturated rings. The molecular formula is C25H25N3O4. The number of nitrogens with one attached hydrogen (secondary N) is 1. The average molecular weight is 431 g/mol. The van der Waals surface area contributed by atoms with Crippen LogP contribution in [0.3, 0.4) is 0 Å². The van der Waals surface area contributed by atoms with E-state index in [4.69, 9.17) is 4.74 Å². The van der Waals surface area contributed by atoms with Crippen molar-refractivity contribution in [2.75, 3.05) is 20.2 Å². The van der Waals surface area contributed by atoms with Crippen molar-refractivity contribution in [1.29, 1.82) is 0 Å². The Morgan fingerprint density at radius 2 is 1.88 bits per heavy atom. The second-order valence-corrected chi connectivity index (χ2v) is 7.75. The molecule has 3 aromatic rings. The van der Waals surface area contributed by atoms with Gasteiger partial charge in [0.15, 0.2) is 0 Å². The molecule has 0 aromatic heterocycles. The molecule has 2 N–H and O–H groups in total. The smallest absolute Gasteiger partial charge is 0.253 e. The number of rotatable bonds is 5. The second kappa shape index (κ2) is 9.51. The number of ether oxygens (including phenoxy) is 1. The van der Waals surface area contributed by atoms with Crippen LogP contribution in [0, 0.1) is 5.92 Å². The third-order valence-corrected chi connectivity index (χ3v) is 5.79. The van der Waals surface area contributed by atoms with Gasteiger partial charge in [-0.2, -0.15) is 5.10 Å². The third-order valence-electron chi connectivity index (χ3n) is 5.79. The van der Waals surface area contributed by atoms with Gasteiger partial charge in [-0.15, -0.1) is 0 Å². The quantitative estimate of drug-likeness (QED) is 0.477. The number of carbonyl (C=O) groups excluding carboxylic acids is 2. The molecule has 1 heterocycles. The average Bonchev–Trinajstić information content (AvgIpc) is 2.85. The Morgan fingerprint density at radius 1 is 1.09 bits per heavy atom. The lowest BCUT2D eigenvalue weighted by Gasteiger charge is -2.31. The summed E-state index contributed by atoms with van der Waals surface area (Å²) in [6.07, 6.45) is 2.60. The molecule has 0 unspecified atom stereocenters. The van der Waals surface area contributed by atoms with Gasteiger partial charge in [0.2, 0.25) is 5.91 Å². The third kappa shape index (κ3) is 4.56. The minimum Gasteiger partial charge on any atom is -0.507 e. The number of hydrogen-bond donors (Lipinski definition) is 2. The van der Waals surface area contributed by atoms with Crippen molar-refractivity contribution in [2.24, 2.45) is 11.0 Å². The fraction of sp³-hybridized carbons (Fsp3) is 0.240. The Bertz CT molecular complexity index is 1170. The van der Waals surface area contributed by atoms with Crippen molar-refractivity contribution in [3.8, 4) is 11.5 Å². The summed E-state index contributed by atoms with van der Waals surface area (Å²) in [5.41, 5.74) is 3.72. The van der Waals surface area contributed by atoms with E-state index in [0.717, 1.165) is 10.8 Å². The number of phenolic OH excluding ortho intramolecular Hbond substituents is 1. The highest BCUT2D eigenvalue weighted by Gasteiger charge is 2.27. The predicted molar refractivity (Wildman–Crippen MR) is 123 cm³/mol. The number of hydrazone groups is 1. The van der Waals surface area contributed by atoms with Gasteiger partial charge < -0.3 is 14.7 Å². The summed E-state index contributed by atoms with van der Waals surface area (Å²) >= 11 is 0. The van der Waals surface area contributed by atoms with Crippen LogP contribution in [0.1, 0.15) is 28.8 Å². The van der Waals surface area contributed by atoms with Crippen LogP contribution >= 0.6 is 0 Å². The van der Waals surface area contributed by atoms with Gasteiger partial charge in [0.25, 0.3) is 5.91 Å². The van der Waals surface area contributed by atoms with Crippen LogP contribution in [-0.4, -0.2) is 48.2 Å². The first-order valence-corrected chi connectivity index (χ1v) is 10.5. The molecule has 1 aliphatic heterocycles. The zero-order valence-corrected chi connectivity index (χ0v) is 17.8. The molecule has 7 nitrogen and oxygen atoms in total. The van der Waals surface area contributed by atoms with E-state index in [-0.39, 0.29) is 23.5 Å². The molecule has 3 aromatic carbocycles. The van der Waals surface area contributed by atoms with Crippen LogP contribution in [0.5, 0.6) is 11.5 Å². The lowest BCUT2D eigenvalue weighted by molar-refractivity contribution is -0.126. The maximum atomic E-state index is 12.7. The molecule has 0 atom stereocenters. The number of likely N-dealkylation sites (tertiary alicyclic amines) is 1. The summed E-state index contributed by atoms with van der Waals surface area (Å²) in [4.78, 5) is 27.1. The number of benzene rings is 3. The predicted octanol–water partition coefficient (Wildman–Crippen LogP) is 3.56. The molecule has 164 valence electrons. The van der Waals surface area contributed by atoms with E-state index < -0.39 is 0 Å². The standard InChI is InChI=1S/C25H25N3O4/c1-32-20-7-4-6-19(15-20)25(31)28-13-11-18(12-14-28)24(30)27-26-16-22-21-8-3-2-5-17(21)9-10-23(22)29/h2-10,15-16,18,29H,11-14H2,1H3,(H,27,30). The minimum atomic E-state index is -0.220. The van der Waals surface area contributed by atoms with Gasteiger partial charge in [0.1, 0.15) is 11.5 Å². The molecule has 1 saturated heterocycles. The molecule has 0 saturated carbocycles. The highest BCUT2D eigenvalue weighted by molar-refractivity contribution is 6.02. The molecule has 0 bridgehead atoms. The number of carbonyl (C=O) groups is 2. The van der Waals surface area contributed by atoms with Gasteiger partial charge in [-0.25, -0.2) is 5.43 Å². The topological polar surface area (TPSA) is 91.2 Å². The molecule has 0 spiro atoms. The van der Waals surface area contributed by atoms with Crippen LogP contribution in [0.15, 0.2) is 65.8 Å². The number of phenols is 1. The maximum absolute atomic E-state index is 12.7. The molecule has 0 aliphatic carbocycles. The Morgan fingerprint density at radius 3 is 2.66 bits per heavy atom. The normalized spacial score (nSPS) is 14.6. The summed E-state index contributed by atoms with van der Waals surface area (Å²) in [6.45, 7) is 1.00. The van der Waals surface area contributed by atoms with E-state index in [1.54, 1.807) is 42.3 Å². The number of amides is 2. The number of nitrogens with zero attached hydrogens (tertiary/aromatic N) is 2. The van der Waals surface area contributed by atoms with Gasteiger partial charge in [0, 0.05) is 30.1 Å². The number of piperidine rings is 1. The summed E-state index contributed by atoms with van der Waals surface area (Å²) in [7, 11) is 1.57. The fourth-order valence-corrected chi connectivity index (χ4v) is 3.95. The first-order valence-electron chi connectivity index (χ1n) is 10.5. The van der Waals surface area contributed by atoms with Crippen molar-refractivity contribution >= 4 is 28.8 Å². The van der Waals surface area contributed by atoms with Crippen LogP contribution in [0.4, 0.5) is 0 Å². The van der Waals surface area contributed by atoms with Crippen molar-refractivity contribution in [2.45, 2.75) is 12.8 Å². The molecule has 32 heavy (non-hydrogen) atoms. The molecule has 1 aliphatic rings. The summed E-state index contributed by atoms with van der Waals surface area (Å²) in [5, 5.41) is 16.1. The minimum absolute atomic E-state index is 0.0628. The molecule has 4 rings (SSSR count). The van der Waals surface area contributed by atoms with E-state index in [1.165, 1.54) is 6.21 Å². The SMILES string of the molecule is COc1cccc(C(=O)N2CCC(C(=O)NN=Cc3c(O)ccc4ccccc34)CC2)c1. The van der Waals surface area contributed by atoms with Crippen molar-refractivity contribution in [1.82, 2.24) is 10.3 Å². The van der Waals surface area contributed by atoms with Gasteiger partial charge in [-0.1, -0.05) is 36.4 Å². The van der Waals surface area contributed by atoms with E-state index in [9.17, 15) is 14.7 Å². The summed E-state index contributed by atoms with van der Waals surface area (Å²) in [6, 6.07) is 18.2. The first kappa shape index (κ1) is 21.4. The zero-order chi connectivity index (χ0) is 22.5. The van der Waals surface area contributed by atoms with Gasteiger partial charge in [0.05, 0.1) is 13.3 Å². The Labute approximate surface area is 186 Å². The van der Waals surface area contributed by atoms with Crippen LogP contribution < -0.4 is 10.2 Å². The van der Waals surface area contributed by atoms with Gasteiger partial charge in [-0.3, -0.25) is 9.59 Å². The zero-order valence-electron chi connectivity index (χ0n) is 17.8. The van der Waals surface area contributed by atoms with Crippen LogP contribution in [0.25, 0.3) is 10.8 Å². The Hall–Kier alpha value is -3.87. The van der Waals surface area contributed by atoms with E-state index in [2.05, 4.69) is 10.5 Å². The van der Waals surface area contributed by atoms with Crippen molar-refractivity contribution in [3.05, 3.63) is 71.8 Å². The molecular weight excluding hydrogens is 406 g/mol. The van der Waals surface area contributed by atoms with Gasteiger partial charge >= 0.3 is 0 Å². The van der Waals surface area contributed by atoms with E-state index in [1.807, 2.05) is 30.3 Å². The fourth-order valence-electron chi connectivity index (χ4n) is 3.95. The summed E-state index contributed by atoms with van der Waals surface area (Å²) in [5.74, 6) is 0.274.